The number of benzene rings is 1. The summed E-state index contributed by atoms with van der Waals surface area (Å²) in [5, 5.41) is 11.7. The maximum Gasteiger partial charge on any atom is 0.142 e. The van der Waals surface area contributed by atoms with Gasteiger partial charge < -0.3 is 10.1 Å². The second kappa shape index (κ2) is 7.13. The van der Waals surface area contributed by atoms with Crippen LogP contribution in [0.15, 0.2) is 22.7 Å². The van der Waals surface area contributed by atoms with Crippen molar-refractivity contribution >= 4 is 21.6 Å². The lowest BCUT2D eigenvalue weighted by Gasteiger charge is -2.11. The number of methoxy groups -OCH3 is 1. The molecule has 0 aliphatic carbocycles. The molecular weight excluding hydrogens is 268 g/mol. The molecule has 0 atom stereocenters. The normalized spacial score (nSPS) is 9.56. The number of anilines is 1. The molecule has 4 heteroatoms. The molecule has 1 N–H and O–H groups in total. The van der Waals surface area contributed by atoms with E-state index in [4.69, 9.17) is 10.00 Å². The molecule has 0 aliphatic heterocycles. The van der Waals surface area contributed by atoms with Crippen molar-refractivity contribution in [2.24, 2.45) is 0 Å². The Balaban J connectivity index is 2.46. The number of hydrogen-bond donors (Lipinski definition) is 1. The van der Waals surface area contributed by atoms with Crippen LogP contribution in [-0.4, -0.2) is 13.7 Å². The van der Waals surface area contributed by atoms with Gasteiger partial charge in [-0.1, -0.05) is 15.9 Å². The quantitative estimate of drug-likeness (QED) is 0.812. The highest BCUT2D eigenvalue weighted by Gasteiger charge is 2.02. The monoisotopic (exact) mass is 282 g/mol. The lowest BCUT2D eigenvalue weighted by atomic mass is 10.2. The number of nitriles is 1. The van der Waals surface area contributed by atoms with Crippen molar-refractivity contribution < 1.29 is 4.74 Å². The number of hydrogen-bond acceptors (Lipinski definition) is 3. The number of unbranched alkanes of at least 4 members (excludes halogenated alkanes) is 2. The Labute approximate surface area is 105 Å². The Morgan fingerprint density at radius 3 is 2.94 bits per heavy atom. The van der Waals surface area contributed by atoms with Crippen LogP contribution < -0.4 is 10.1 Å². The number of nitrogens with one attached hydrogen (secondary N) is 1. The molecule has 0 saturated heterocycles. The minimum absolute atomic E-state index is 0.622. The van der Waals surface area contributed by atoms with Crippen molar-refractivity contribution in [3.05, 3.63) is 22.7 Å². The number of nitrogens with zero attached hydrogens (tertiary/aromatic N) is 1. The molecule has 1 aromatic rings. The number of halogens is 1. The summed E-state index contributed by atoms with van der Waals surface area (Å²) in [6, 6.07) is 7.99. The Hall–Kier alpha value is -1.21. The van der Waals surface area contributed by atoms with Gasteiger partial charge in [-0.25, -0.2) is 0 Å². The van der Waals surface area contributed by atoms with Crippen LogP contribution in [0.2, 0.25) is 0 Å². The van der Waals surface area contributed by atoms with Crippen LogP contribution in [0.3, 0.4) is 0 Å². The van der Waals surface area contributed by atoms with Gasteiger partial charge in [-0.3, -0.25) is 0 Å². The van der Waals surface area contributed by atoms with Crippen molar-refractivity contribution in [2.75, 3.05) is 19.0 Å². The van der Waals surface area contributed by atoms with Gasteiger partial charge >= 0.3 is 0 Å². The smallest absolute Gasteiger partial charge is 0.142 e. The summed E-state index contributed by atoms with van der Waals surface area (Å²) in [5.74, 6) is 0.837. The molecule has 0 amide bonds. The van der Waals surface area contributed by atoms with Gasteiger partial charge in [0.2, 0.25) is 0 Å². The first-order valence-corrected chi connectivity index (χ1v) is 6.01. The molecule has 0 saturated carbocycles. The lowest BCUT2D eigenvalue weighted by molar-refractivity contribution is 0.416. The van der Waals surface area contributed by atoms with Crippen LogP contribution in [0.1, 0.15) is 19.3 Å². The molecular formula is C12H15BrN2O. The maximum atomic E-state index is 8.40. The first-order chi connectivity index (χ1) is 7.77. The van der Waals surface area contributed by atoms with Crippen molar-refractivity contribution in [3.63, 3.8) is 0 Å². The zero-order valence-electron chi connectivity index (χ0n) is 9.29. The Kier molecular flexibility index (Phi) is 5.73. The molecule has 16 heavy (non-hydrogen) atoms. The van der Waals surface area contributed by atoms with E-state index in [9.17, 15) is 0 Å². The van der Waals surface area contributed by atoms with E-state index in [-0.39, 0.29) is 0 Å². The van der Waals surface area contributed by atoms with Crippen LogP contribution >= 0.6 is 15.9 Å². The summed E-state index contributed by atoms with van der Waals surface area (Å²) in [7, 11) is 1.66. The molecule has 0 heterocycles. The first kappa shape index (κ1) is 12.9. The molecule has 0 unspecified atom stereocenters. The van der Waals surface area contributed by atoms with Crippen molar-refractivity contribution in [1.29, 1.82) is 5.26 Å². The fourth-order valence-electron chi connectivity index (χ4n) is 1.37. The van der Waals surface area contributed by atoms with Gasteiger partial charge in [-0.05, 0) is 31.0 Å². The molecule has 0 bridgehead atoms. The van der Waals surface area contributed by atoms with Gasteiger partial charge in [0.25, 0.3) is 0 Å². The molecule has 0 radical (unpaired) electrons. The molecule has 0 aliphatic rings. The van der Waals surface area contributed by atoms with Crippen LogP contribution in [0, 0.1) is 11.3 Å². The number of rotatable bonds is 6. The standard InChI is InChI=1S/C12H15BrN2O/c1-16-12-6-5-10(13)9-11(12)15-8-4-2-3-7-14/h5-6,9,15H,2-4,8H2,1H3. The van der Waals surface area contributed by atoms with E-state index in [0.717, 1.165) is 35.3 Å². The van der Waals surface area contributed by atoms with E-state index in [2.05, 4.69) is 27.3 Å². The fourth-order valence-corrected chi connectivity index (χ4v) is 1.73. The molecule has 0 spiro atoms. The Bertz CT molecular complexity index is 374. The summed E-state index contributed by atoms with van der Waals surface area (Å²) in [6.07, 6.45) is 2.54. The molecule has 1 aromatic carbocycles. The van der Waals surface area contributed by atoms with E-state index in [1.54, 1.807) is 7.11 Å². The van der Waals surface area contributed by atoms with Crippen LogP contribution in [0.5, 0.6) is 5.75 Å². The summed E-state index contributed by atoms with van der Waals surface area (Å²) < 4.78 is 6.26. The van der Waals surface area contributed by atoms with E-state index in [1.807, 2.05) is 18.2 Å². The van der Waals surface area contributed by atoms with Crippen LogP contribution in [0.25, 0.3) is 0 Å². The van der Waals surface area contributed by atoms with E-state index in [1.165, 1.54) is 0 Å². The predicted octanol–water partition coefficient (Wildman–Crippen LogP) is 3.56. The van der Waals surface area contributed by atoms with Crippen molar-refractivity contribution in [1.82, 2.24) is 0 Å². The molecule has 3 nitrogen and oxygen atoms in total. The lowest BCUT2D eigenvalue weighted by Crippen LogP contribution is -2.03. The summed E-state index contributed by atoms with van der Waals surface area (Å²) >= 11 is 3.42. The van der Waals surface area contributed by atoms with Gasteiger partial charge in [-0.15, -0.1) is 0 Å². The van der Waals surface area contributed by atoms with E-state index < -0.39 is 0 Å². The Morgan fingerprint density at radius 1 is 1.44 bits per heavy atom. The third-order valence-corrected chi connectivity index (χ3v) is 2.69. The second-order valence-corrected chi connectivity index (χ2v) is 4.30. The van der Waals surface area contributed by atoms with Gasteiger partial charge in [0.15, 0.2) is 0 Å². The molecule has 1 rings (SSSR count). The summed E-state index contributed by atoms with van der Waals surface area (Å²) in [6.45, 7) is 0.856. The molecule has 86 valence electrons. The summed E-state index contributed by atoms with van der Waals surface area (Å²) in [4.78, 5) is 0. The highest BCUT2D eigenvalue weighted by atomic mass is 79.9. The predicted molar refractivity (Wildman–Crippen MR) is 68.6 cm³/mol. The van der Waals surface area contributed by atoms with Gasteiger partial charge in [0.05, 0.1) is 18.9 Å². The average Bonchev–Trinajstić information content (AvgIpc) is 2.29. The van der Waals surface area contributed by atoms with Gasteiger partial charge in [-0.2, -0.15) is 5.26 Å². The fraction of sp³-hybridized carbons (Fsp3) is 0.417. The molecule has 0 fully saturated rings. The second-order valence-electron chi connectivity index (χ2n) is 3.39. The van der Waals surface area contributed by atoms with Crippen LogP contribution in [0.4, 0.5) is 5.69 Å². The zero-order chi connectivity index (χ0) is 11.8. The van der Waals surface area contributed by atoms with Crippen molar-refractivity contribution in [3.8, 4) is 11.8 Å². The SMILES string of the molecule is COc1ccc(Br)cc1NCCCCC#N. The third kappa shape index (κ3) is 4.11. The minimum atomic E-state index is 0.622. The Morgan fingerprint density at radius 2 is 2.25 bits per heavy atom. The van der Waals surface area contributed by atoms with E-state index >= 15 is 0 Å². The third-order valence-electron chi connectivity index (χ3n) is 2.19. The summed E-state index contributed by atoms with van der Waals surface area (Å²) in [5.41, 5.74) is 0.980. The van der Waals surface area contributed by atoms with Gasteiger partial charge in [0.1, 0.15) is 5.75 Å². The highest BCUT2D eigenvalue weighted by molar-refractivity contribution is 9.10. The van der Waals surface area contributed by atoms with E-state index in [0.29, 0.717) is 6.42 Å². The zero-order valence-corrected chi connectivity index (χ0v) is 10.9. The maximum absolute atomic E-state index is 8.40. The number of ether oxygens (including phenoxy) is 1. The average molecular weight is 283 g/mol. The minimum Gasteiger partial charge on any atom is -0.495 e. The topological polar surface area (TPSA) is 45.0 Å². The van der Waals surface area contributed by atoms with Gasteiger partial charge in [0, 0.05) is 17.4 Å². The largest absolute Gasteiger partial charge is 0.495 e. The van der Waals surface area contributed by atoms with Crippen LogP contribution in [-0.2, 0) is 0 Å². The highest BCUT2D eigenvalue weighted by Crippen LogP contribution is 2.27. The van der Waals surface area contributed by atoms with Crippen molar-refractivity contribution in [2.45, 2.75) is 19.3 Å². The first-order valence-electron chi connectivity index (χ1n) is 5.22. The molecule has 0 aromatic heterocycles.